The third kappa shape index (κ3) is 3.84. The highest BCUT2D eigenvalue weighted by Crippen LogP contribution is 2.36. The molecule has 0 radical (unpaired) electrons. The molecule has 142 valence electrons. The Bertz CT molecular complexity index is 1090. The highest BCUT2D eigenvalue weighted by atomic mass is 35.5. The van der Waals surface area contributed by atoms with Gasteiger partial charge in [-0.05, 0) is 37.1 Å². The first kappa shape index (κ1) is 20.5. The van der Waals surface area contributed by atoms with Gasteiger partial charge in [0.15, 0.2) is 13.6 Å². The second-order valence-electron chi connectivity index (χ2n) is 6.38. The van der Waals surface area contributed by atoms with Crippen LogP contribution in [0.1, 0.15) is 37.4 Å². The molecule has 0 aliphatic heterocycles. The molecule has 0 aromatic heterocycles. The summed E-state index contributed by atoms with van der Waals surface area (Å²) < 4.78 is 13.2. The Hall–Kier alpha value is -2.19. The van der Waals surface area contributed by atoms with Crippen LogP contribution in [0.15, 0.2) is 60.7 Å². The fourth-order valence-corrected chi connectivity index (χ4v) is 5.50. The predicted octanol–water partition coefficient (Wildman–Crippen LogP) is 5.87. The van der Waals surface area contributed by atoms with Gasteiger partial charge in [0, 0.05) is 16.4 Å². The quantitative estimate of drug-likeness (QED) is 0.375. The molecule has 1 atom stereocenters. The zero-order valence-corrected chi connectivity index (χ0v) is 17.8. The number of carbonyl (C=O) groups is 2. The van der Waals surface area contributed by atoms with Crippen molar-refractivity contribution in [3.63, 3.8) is 0 Å². The smallest absolute Gasteiger partial charge is 0.225 e. The molecule has 0 saturated heterocycles. The zero-order chi connectivity index (χ0) is 20.4. The van der Waals surface area contributed by atoms with Crippen LogP contribution in [0.5, 0.6) is 0 Å². The lowest BCUT2D eigenvalue weighted by atomic mass is 9.97. The van der Waals surface area contributed by atoms with Gasteiger partial charge in [0.2, 0.25) is 5.52 Å². The summed E-state index contributed by atoms with van der Waals surface area (Å²) in [4.78, 5) is 25.8. The van der Waals surface area contributed by atoms with E-state index in [1.54, 1.807) is 56.3 Å². The summed E-state index contributed by atoms with van der Waals surface area (Å²) in [7, 11) is -2.95. The summed E-state index contributed by atoms with van der Waals surface area (Å²) in [5.74, 6) is -0.183. The minimum Gasteiger partial charge on any atom is -0.313 e. The Balaban J connectivity index is 2.08. The third-order valence-electron chi connectivity index (χ3n) is 4.58. The van der Waals surface area contributed by atoms with E-state index in [4.69, 9.17) is 23.2 Å². The standard InChI is InChI=1S/C22H17Cl2O3P/c1-13-11-12-16(20(25)15-7-4-3-5-8-15)14(2)21(13)28(27)22(26)19-17(23)9-6-10-18(19)24/h3-12,28H,1-2H3. The minimum atomic E-state index is -2.95. The normalized spacial score (nSPS) is 11.9. The summed E-state index contributed by atoms with van der Waals surface area (Å²) in [6, 6.07) is 16.9. The number of hydrogen-bond donors (Lipinski definition) is 0. The van der Waals surface area contributed by atoms with Crippen molar-refractivity contribution in [2.24, 2.45) is 0 Å². The number of aryl methyl sites for hydroxylation is 1. The number of rotatable bonds is 5. The van der Waals surface area contributed by atoms with E-state index < -0.39 is 13.3 Å². The summed E-state index contributed by atoms with van der Waals surface area (Å²) in [5, 5.41) is 0.693. The molecule has 6 heteroatoms. The fraction of sp³-hybridized carbons (Fsp3) is 0.0909. The van der Waals surface area contributed by atoms with Crippen LogP contribution < -0.4 is 5.30 Å². The maximum Gasteiger partial charge on any atom is 0.225 e. The molecular weight excluding hydrogens is 414 g/mol. The fourth-order valence-electron chi connectivity index (χ4n) is 3.13. The molecular formula is C22H17Cl2O3P. The molecule has 0 spiro atoms. The second kappa shape index (κ2) is 8.45. The van der Waals surface area contributed by atoms with E-state index in [9.17, 15) is 14.2 Å². The van der Waals surface area contributed by atoms with Gasteiger partial charge in [-0.25, -0.2) is 0 Å². The van der Waals surface area contributed by atoms with E-state index in [1.807, 2.05) is 6.07 Å². The van der Waals surface area contributed by atoms with Crippen LogP contribution in [-0.2, 0) is 4.57 Å². The molecule has 28 heavy (non-hydrogen) atoms. The maximum absolute atomic E-state index is 13.2. The minimum absolute atomic E-state index is 0.0494. The van der Waals surface area contributed by atoms with Crippen LogP contribution in [0.4, 0.5) is 0 Å². The van der Waals surface area contributed by atoms with Crippen molar-refractivity contribution >= 4 is 47.6 Å². The molecule has 0 bridgehead atoms. The lowest BCUT2D eigenvalue weighted by Gasteiger charge is -2.14. The predicted molar refractivity (Wildman–Crippen MR) is 115 cm³/mol. The van der Waals surface area contributed by atoms with Crippen LogP contribution in [0.2, 0.25) is 10.0 Å². The van der Waals surface area contributed by atoms with E-state index >= 15 is 0 Å². The first-order valence-corrected chi connectivity index (χ1v) is 10.7. The molecule has 0 fully saturated rings. The van der Waals surface area contributed by atoms with Crippen molar-refractivity contribution in [3.05, 3.63) is 98.5 Å². The summed E-state index contributed by atoms with van der Waals surface area (Å²) in [6.07, 6.45) is 0. The molecule has 1 unspecified atom stereocenters. The van der Waals surface area contributed by atoms with Crippen LogP contribution >= 0.6 is 31.0 Å². The van der Waals surface area contributed by atoms with Crippen molar-refractivity contribution in [1.29, 1.82) is 0 Å². The topological polar surface area (TPSA) is 51.2 Å². The van der Waals surface area contributed by atoms with Gasteiger partial charge in [-0.15, -0.1) is 0 Å². The Labute approximate surface area is 174 Å². The van der Waals surface area contributed by atoms with Crippen molar-refractivity contribution in [3.8, 4) is 0 Å². The number of carbonyl (C=O) groups excluding carboxylic acids is 2. The first-order valence-electron chi connectivity index (χ1n) is 8.56. The SMILES string of the molecule is Cc1ccc(C(=O)c2ccccc2)c(C)c1[PH](=O)C(=O)c1c(Cl)cccc1Cl. The molecule has 3 aromatic rings. The van der Waals surface area contributed by atoms with E-state index in [0.717, 1.165) is 0 Å². The van der Waals surface area contributed by atoms with Crippen molar-refractivity contribution in [2.75, 3.05) is 0 Å². The molecule has 0 aliphatic carbocycles. The van der Waals surface area contributed by atoms with Gasteiger partial charge >= 0.3 is 0 Å². The molecule has 0 aliphatic rings. The molecule has 0 saturated carbocycles. The largest absolute Gasteiger partial charge is 0.313 e. The molecule has 3 nitrogen and oxygen atoms in total. The van der Waals surface area contributed by atoms with Gasteiger partial charge < -0.3 is 4.57 Å². The molecule has 3 rings (SSSR count). The Kier molecular flexibility index (Phi) is 6.20. The summed E-state index contributed by atoms with van der Waals surface area (Å²) in [6.45, 7) is 3.48. The summed E-state index contributed by atoms with van der Waals surface area (Å²) in [5.41, 5.74) is 1.60. The van der Waals surface area contributed by atoms with Gasteiger partial charge in [0.25, 0.3) is 0 Å². The lowest BCUT2D eigenvalue weighted by molar-refractivity contribution is 0.103. The van der Waals surface area contributed by atoms with E-state index in [1.165, 1.54) is 12.1 Å². The third-order valence-corrected chi connectivity index (χ3v) is 7.09. The van der Waals surface area contributed by atoms with Crippen molar-refractivity contribution in [2.45, 2.75) is 13.8 Å². The highest BCUT2D eigenvalue weighted by Gasteiger charge is 2.26. The van der Waals surface area contributed by atoms with Crippen LogP contribution in [0, 0.1) is 13.8 Å². The van der Waals surface area contributed by atoms with E-state index in [-0.39, 0.29) is 21.4 Å². The Morgan fingerprint density at radius 1 is 0.821 bits per heavy atom. The molecule has 3 aromatic carbocycles. The molecule has 0 amide bonds. The number of hydrogen-bond acceptors (Lipinski definition) is 3. The highest BCUT2D eigenvalue weighted by molar-refractivity contribution is 7.71. The van der Waals surface area contributed by atoms with Crippen LogP contribution in [0.25, 0.3) is 0 Å². The Morgan fingerprint density at radius 3 is 2.04 bits per heavy atom. The average molecular weight is 431 g/mol. The van der Waals surface area contributed by atoms with Crippen LogP contribution in [-0.4, -0.2) is 11.3 Å². The Morgan fingerprint density at radius 2 is 1.43 bits per heavy atom. The monoisotopic (exact) mass is 430 g/mol. The van der Waals surface area contributed by atoms with Crippen LogP contribution in [0.3, 0.4) is 0 Å². The van der Waals surface area contributed by atoms with E-state index in [2.05, 4.69) is 0 Å². The van der Waals surface area contributed by atoms with Gasteiger partial charge in [0.05, 0.1) is 15.6 Å². The first-order chi connectivity index (χ1) is 13.3. The summed E-state index contributed by atoms with van der Waals surface area (Å²) >= 11 is 12.2. The van der Waals surface area contributed by atoms with Gasteiger partial charge in [0.1, 0.15) is 0 Å². The molecule has 0 heterocycles. The number of halogens is 2. The maximum atomic E-state index is 13.2. The lowest BCUT2D eigenvalue weighted by Crippen LogP contribution is -2.17. The van der Waals surface area contributed by atoms with Gasteiger partial charge in [-0.1, -0.05) is 71.7 Å². The average Bonchev–Trinajstić information content (AvgIpc) is 2.68. The van der Waals surface area contributed by atoms with Crippen molar-refractivity contribution < 1.29 is 14.2 Å². The van der Waals surface area contributed by atoms with Gasteiger partial charge in [-0.2, -0.15) is 0 Å². The van der Waals surface area contributed by atoms with Gasteiger partial charge in [-0.3, -0.25) is 9.59 Å². The zero-order valence-electron chi connectivity index (χ0n) is 15.3. The molecule has 0 N–H and O–H groups in total. The number of ketones is 1. The second-order valence-corrected chi connectivity index (χ2v) is 8.81. The van der Waals surface area contributed by atoms with Crippen molar-refractivity contribution in [1.82, 2.24) is 0 Å². The van der Waals surface area contributed by atoms with E-state index in [0.29, 0.717) is 27.6 Å². The number of benzene rings is 3.